The summed E-state index contributed by atoms with van der Waals surface area (Å²) in [7, 11) is 0. The summed E-state index contributed by atoms with van der Waals surface area (Å²) in [5, 5.41) is 10.6. The summed E-state index contributed by atoms with van der Waals surface area (Å²) >= 11 is 0. The number of nitrogens with zero attached hydrogens (tertiary/aromatic N) is 2. The second-order valence-corrected chi connectivity index (χ2v) is 4.87. The Morgan fingerprint density at radius 2 is 1.90 bits per heavy atom. The molecule has 21 heavy (non-hydrogen) atoms. The minimum absolute atomic E-state index is 0.0344. The Balaban J connectivity index is 1.93. The molecule has 0 spiro atoms. The Labute approximate surface area is 120 Å². The first kappa shape index (κ1) is 13.1. The van der Waals surface area contributed by atoms with Crippen molar-refractivity contribution in [3.63, 3.8) is 0 Å². The number of hydrogen-bond donors (Lipinski definition) is 1. The number of non-ortho nitro benzene ring substituents is 1. The quantitative estimate of drug-likeness (QED) is 0.520. The molecule has 1 heterocycles. The van der Waals surface area contributed by atoms with Crippen LogP contribution in [0.2, 0.25) is 0 Å². The minimum Gasteiger partial charge on any atom is -0.397 e. The van der Waals surface area contributed by atoms with E-state index in [1.807, 2.05) is 12.1 Å². The Morgan fingerprint density at radius 3 is 2.57 bits per heavy atom. The molecule has 0 saturated heterocycles. The van der Waals surface area contributed by atoms with Gasteiger partial charge in [-0.15, -0.1) is 0 Å². The number of hydrogen-bond acceptors (Lipinski definition) is 4. The smallest absolute Gasteiger partial charge is 0.269 e. The molecule has 0 bridgehead atoms. The van der Waals surface area contributed by atoms with Crippen molar-refractivity contribution in [2.75, 3.05) is 17.2 Å². The number of carbonyl (C=O) groups excluding carboxylic acids is 1. The van der Waals surface area contributed by atoms with Crippen molar-refractivity contribution in [3.8, 4) is 0 Å². The second kappa shape index (κ2) is 4.90. The van der Waals surface area contributed by atoms with Crippen LogP contribution in [0.4, 0.5) is 17.1 Å². The van der Waals surface area contributed by atoms with Crippen LogP contribution in [-0.4, -0.2) is 17.4 Å². The van der Waals surface area contributed by atoms with Crippen LogP contribution in [0.25, 0.3) is 0 Å². The lowest BCUT2D eigenvalue weighted by atomic mass is 10.1. The maximum Gasteiger partial charge on any atom is 0.269 e. The number of nitro groups is 1. The van der Waals surface area contributed by atoms with Crippen LogP contribution >= 0.6 is 0 Å². The molecule has 0 saturated carbocycles. The van der Waals surface area contributed by atoms with Crippen molar-refractivity contribution in [3.05, 3.63) is 63.7 Å². The minimum atomic E-state index is -0.489. The summed E-state index contributed by atoms with van der Waals surface area (Å²) in [5.74, 6) is -0.193. The molecule has 2 aromatic rings. The lowest BCUT2D eigenvalue weighted by molar-refractivity contribution is -0.384. The molecule has 6 nitrogen and oxygen atoms in total. The zero-order chi connectivity index (χ0) is 15.0. The van der Waals surface area contributed by atoms with Gasteiger partial charge in [0.05, 0.1) is 16.3 Å². The highest BCUT2D eigenvalue weighted by Gasteiger charge is 2.27. The van der Waals surface area contributed by atoms with Crippen molar-refractivity contribution in [1.29, 1.82) is 0 Å². The Kier molecular flexibility index (Phi) is 3.06. The molecule has 2 aromatic carbocycles. The van der Waals surface area contributed by atoms with Gasteiger partial charge < -0.3 is 10.6 Å². The van der Waals surface area contributed by atoms with E-state index in [2.05, 4.69) is 0 Å². The SMILES string of the molecule is Nc1cccc2c1N(C(=O)c1ccc([N+](=O)[O-])cc1)CC2. The van der Waals surface area contributed by atoms with Gasteiger partial charge in [-0.05, 0) is 30.2 Å². The molecule has 6 heteroatoms. The van der Waals surface area contributed by atoms with Crippen molar-refractivity contribution in [1.82, 2.24) is 0 Å². The van der Waals surface area contributed by atoms with Crippen LogP contribution in [0.5, 0.6) is 0 Å². The molecule has 0 aliphatic carbocycles. The predicted molar refractivity (Wildman–Crippen MR) is 79.3 cm³/mol. The van der Waals surface area contributed by atoms with Crippen LogP contribution in [0.15, 0.2) is 42.5 Å². The maximum atomic E-state index is 12.5. The molecule has 1 aliphatic rings. The highest BCUT2D eigenvalue weighted by atomic mass is 16.6. The summed E-state index contributed by atoms with van der Waals surface area (Å²) < 4.78 is 0. The Hall–Kier alpha value is -2.89. The van der Waals surface area contributed by atoms with E-state index in [9.17, 15) is 14.9 Å². The lowest BCUT2D eigenvalue weighted by Gasteiger charge is -2.19. The van der Waals surface area contributed by atoms with Crippen LogP contribution in [0.3, 0.4) is 0 Å². The largest absolute Gasteiger partial charge is 0.397 e. The fraction of sp³-hybridized carbons (Fsp3) is 0.133. The van der Waals surface area contributed by atoms with Gasteiger partial charge in [-0.25, -0.2) is 0 Å². The average molecular weight is 283 g/mol. The second-order valence-electron chi connectivity index (χ2n) is 4.87. The third kappa shape index (κ3) is 2.20. The van der Waals surface area contributed by atoms with Gasteiger partial charge in [-0.2, -0.15) is 0 Å². The topological polar surface area (TPSA) is 89.5 Å². The third-order valence-electron chi connectivity index (χ3n) is 3.60. The van der Waals surface area contributed by atoms with Gasteiger partial charge >= 0.3 is 0 Å². The number of nitrogens with two attached hydrogens (primary N) is 1. The average Bonchev–Trinajstić information content (AvgIpc) is 2.92. The Bertz CT molecular complexity index is 725. The van der Waals surface area contributed by atoms with E-state index in [1.54, 1.807) is 11.0 Å². The van der Waals surface area contributed by atoms with Crippen molar-refractivity contribution in [2.24, 2.45) is 0 Å². The summed E-state index contributed by atoms with van der Waals surface area (Å²) in [4.78, 5) is 24.3. The molecule has 0 aromatic heterocycles. The first-order chi connectivity index (χ1) is 10.1. The van der Waals surface area contributed by atoms with Crippen LogP contribution in [-0.2, 0) is 6.42 Å². The highest BCUT2D eigenvalue weighted by molar-refractivity contribution is 6.09. The highest BCUT2D eigenvalue weighted by Crippen LogP contribution is 2.34. The van der Waals surface area contributed by atoms with Gasteiger partial charge in [0.25, 0.3) is 11.6 Å². The van der Waals surface area contributed by atoms with Crippen LogP contribution in [0.1, 0.15) is 15.9 Å². The van der Waals surface area contributed by atoms with E-state index in [-0.39, 0.29) is 11.6 Å². The van der Waals surface area contributed by atoms with Crippen LogP contribution in [0, 0.1) is 10.1 Å². The number of para-hydroxylation sites is 1. The third-order valence-corrected chi connectivity index (χ3v) is 3.60. The maximum absolute atomic E-state index is 12.5. The fourth-order valence-corrected chi connectivity index (χ4v) is 2.57. The van der Waals surface area contributed by atoms with E-state index >= 15 is 0 Å². The predicted octanol–water partition coefficient (Wildman–Crippen LogP) is 2.38. The molecule has 2 N–H and O–H groups in total. The zero-order valence-corrected chi connectivity index (χ0v) is 11.2. The normalized spacial score (nSPS) is 13.0. The van der Waals surface area contributed by atoms with Crippen molar-refractivity contribution >= 4 is 23.0 Å². The molecule has 0 unspecified atom stereocenters. The van der Waals surface area contributed by atoms with Gasteiger partial charge in [0, 0.05) is 24.2 Å². The number of nitro benzene ring substituents is 1. The van der Waals surface area contributed by atoms with Crippen molar-refractivity contribution in [2.45, 2.75) is 6.42 Å². The van der Waals surface area contributed by atoms with E-state index < -0.39 is 4.92 Å². The summed E-state index contributed by atoms with van der Waals surface area (Å²) in [6, 6.07) is 11.2. The van der Waals surface area contributed by atoms with Gasteiger partial charge in [-0.3, -0.25) is 14.9 Å². The van der Waals surface area contributed by atoms with E-state index in [0.29, 0.717) is 17.8 Å². The number of benzene rings is 2. The molecule has 0 fully saturated rings. The fourth-order valence-electron chi connectivity index (χ4n) is 2.57. The molecule has 0 radical (unpaired) electrons. The lowest BCUT2D eigenvalue weighted by Crippen LogP contribution is -2.29. The van der Waals surface area contributed by atoms with E-state index in [4.69, 9.17) is 5.73 Å². The zero-order valence-electron chi connectivity index (χ0n) is 11.2. The number of rotatable bonds is 2. The van der Waals surface area contributed by atoms with Crippen molar-refractivity contribution < 1.29 is 9.72 Å². The van der Waals surface area contributed by atoms with Gasteiger partial charge in [0.15, 0.2) is 0 Å². The van der Waals surface area contributed by atoms with E-state index in [0.717, 1.165) is 17.7 Å². The molecule has 0 atom stereocenters. The first-order valence-corrected chi connectivity index (χ1v) is 6.51. The molecule has 1 aliphatic heterocycles. The standard InChI is InChI=1S/C15H13N3O3/c16-13-3-1-2-10-8-9-17(14(10)13)15(19)11-4-6-12(7-5-11)18(20)21/h1-7H,8-9,16H2. The molecular weight excluding hydrogens is 270 g/mol. The summed E-state index contributed by atoms with van der Waals surface area (Å²) in [6.07, 6.45) is 0.763. The number of amides is 1. The monoisotopic (exact) mass is 283 g/mol. The summed E-state index contributed by atoms with van der Waals surface area (Å²) in [6.45, 7) is 0.569. The van der Waals surface area contributed by atoms with E-state index in [1.165, 1.54) is 24.3 Å². The van der Waals surface area contributed by atoms with Gasteiger partial charge in [0.1, 0.15) is 0 Å². The number of anilines is 2. The Morgan fingerprint density at radius 1 is 1.19 bits per heavy atom. The van der Waals surface area contributed by atoms with Gasteiger partial charge in [0.2, 0.25) is 0 Å². The number of fused-ring (bicyclic) bond motifs is 1. The number of carbonyl (C=O) groups is 1. The first-order valence-electron chi connectivity index (χ1n) is 6.51. The summed E-state index contributed by atoms with van der Waals surface area (Å²) in [5.41, 5.74) is 8.71. The molecule has 106 valence electrons. The van der Waals surface area contributed by atoms with Gasteiger partial charge in [-0.1, -0.05) is 12.1 Å². The van der Waals surface area contributed by atoms with Crippen LogP contribution < -0.4 is 10.6 Å². The molecule has 1 amide bonds. The molecular formula is C15H13N3O3. The number of nitrogen functional groups attached to an aromatic ring is 1. The molecule has 3 rings (SSSR count).